The maximum Gasteiger partial charge on any atom is 0.129 e. The molecule has 0 bridgehead atoms. The highest BCUT2D eigenvalue weighted by Crippen LogP contribution is 2.36. The molecule has 5 nitrogen and oxygen atoms in total. The van der Waals surface area contributed by atoms with Crippen LogP contribution < -0.4 is 10.2 Å². The zero-order valence-corrected chi connectivity index (χ0v) is 13.9. The van der Waals surface area contributed by atoms with Crippen LogP contribution in [0.3, 0.4) is 0 Å². The summed E-state index contributed by atoms with van der Waals surface area (Å²) in [6.07, 6.45) is 5.36. The van der Waals surface area contributed by atoms with Crippen molar-refractivity contribution in [2.24, 2.45) is 0 Å². The van der Waals surface area contributed by atoms with Crippen LogP contribution in [0.2, 0.25) is 0 Å². The molecule has 5 heteroatoms. The van der Waals surface area contributed by atoms with Gasteiger partial charge in [0.2, 0.25) is 0 Å². The topological polar surface area (TPSA) is 61.3 Å². The van der Waals surface area contributed by atoms with Gasteiger partial charge in [0.05, 0.1) is 6.10 Å². The molecule has 1 aromatic carbocycles. The molecule has 0 amide bonds. The van der Waals surface area contributed by atoms with E-state index >= 15 is 0 Å². The van der Waals surface area contributed by atoms with Crippen LogP contribution in [0.15, 0.2) is 36.7 Å². The smallest absolute Gasteiger partial charge is 0.129 e. The van der Waals surface area contributed by atoms with Gasteiger partial charge in [0.1, 0.15) is 12.1 Å². The summed E-state index contributed by atoms with van der Waals surface area (Å²) in [6.45, 7) is 3.10. The van der Waals surface area contributed by atoms with E-state index in [0.29, 0.717) is 5.92 Å². The van der Waals surface area contributed by atoms with Gasteiger partial charge >= 0.3 is 0 Å². The molecule has 2 heterocycles. The molecule has 2 N–H and O–H groups in total. The number of aliphatic hydroxyl groups is 1. The first-order chi connectivity index (χ1) is 11.8. The molecule has 1 aliphatic carbocycles. The summed E-state index contributed by atoms with van der Waals surface area (Å²) in [5, 5.41) is 12.8. The van der Waals surface area contributed by atoms with Gasteiger partial charge in [0.25, 0.3) is 0 Å². The molecule has 0 radical (unpaired) electrons. The number of aromatic nitrogens is 2. The van der Waals surface area contributed by atoms with Gasteiger partial charge in [-0.2, -0.15) is 0 Å². The lowest BCUT2D eigenvalue weighted by molar-refractivity contribution is 0.0732. The Hall–Kier alpha value is -2.14. The molecule has 1 aliphatic heterocycles. The second-order valence-corrected chi connectivity index (χ2v) is 6.80. The van der Waals surface area contributed by atoms with Crippen molar-refractivity contribution in [1.29, 1.82) is 0 Å². The van der Waals surface area contributed by atoms with Crippen molar-refractivity contribution < 1.29 is 5.11 Å². The molecule has 0 spiro atoms. The van der Waals surface area contributed by atoms with Crippen LogP contribution in [0.25, 0.3) is 0 Å². The molecular weight excluding hydrogens is 300 g/mol. The molecule has 24 heavy (non-hydrogen) atoms. The minimum Gasteiger partial charge on any atom is -0.393 e. The van der Waals surface area contributed by atoms with E-state index in [4.69, 9.17) is 0 Å². The Morgan fingerprint density at radius 3 is 2.96 bits per heavy atom. The van der Waals surface area contributed by atoms with Crippen molar-refractivity contribution in [3.05, 3.63) is 47.9 Å². The monoisotopic (exact) mass is 324 g/mol. The third-order valence-electron chi connectivity index (χ3n) is 5.11. The van der Waals surface area contributed by atoms with Gasteiger partial charge in [-0.15, -0.1) is 0 Å². The maximum absolute atomic E-state index is 9.43. The number of nitrogens with zero attached hydrogens (tertiary/aromatic N) is 3. The second kappa shape index (κ2) is 6.77. The summed E-state index contributed by atoms with van der Waals surface area (Å²) in [5.41, 5.74) is 3.91. The summed E-state index contributed by atoms with van der Waals surface area (Å²) in [7, 11) is 0. The summed E-state index contributed by atoms with van der Waals surface area (Å²) >= 11 is 0. The minimum absolute atomic E-state index is 0.148. The van der Waals surface area contributed by atoms with Crippen LogP contribution in [-0.2, 0) is 6.42 Å². The number of benzene rings is 1. The molecule has 1 saturated carbocycles. The average molecular weight is 324 g/mol. The Balaban J connectivity index is 1.26. The predicted molar refractivity (Wildman–Crippen MR) is 95.5 cm³/mol. The van der Waals surface area contributed by atoms with Crippen molar-refractivity contribution in [3.8, 4) is 0 Å². The quantitative estimate of drug-likeness (QED) is 0.800. The highest BCUT2D eigenvalue weighted by Gasteiger charge is 2.29. The summed E-state index contributed by atoms with van der Waals surface area (Å²) in [6, 6.07) is 10.7. The third kappa shape index (κ3) is 3.22. The molecule has 2 aliphatic rings. The first-order valence-corrected chi connectivity index (χ1v) is 8.86. The van der Waals surface area contributed by atoms with Crippen LogP contribution in [0.5, 0.6) is 0 Å². The zero-order chi connectivity index (χ0) is 16.4. The molecule has 1 fully saturated rings. The Labute approximate surface area is 142 Å². The van der Waals surface area contributed by atoms with Gasteiger partial charge in [-0.1, -0.05) is 18.2 Å². The third-order valence-corrected chi connectivity index (χ3v) is 5.11. The van der Waals surface area contributed by atoms with Crippen LogP contribution in [0.1, 0.15) is 36.4 Å². The summed E-state index contributed by atoms with van der Waals surface area (Å²) in [5.74, 6) is 1.29. The SMILES string of the molecule is OC1CC(c2cc(NCCCN3CCc4ccccc43)ncn2)C1. The lowest BCUT2D eigenvalue weighted by atomic mass is 9.80. The van der Waals surface area contributed by atoms with E-state index in [0.717, 1.165) is 56.8 Å². The summed E-state index contributed by atoms with van der Waals surface area (Å²) < 4.78 is 0. The van der Waals surface area contributed by atoms with Gasteiger partial charge in [-0.3, -0.25) is 0 Å². The van der Waals surface area contributed by atoms with E-state index in [2.05, 4.69) is 44.5 Å². The van der Waals surface area contributed by atoms with E-state index in [-0.39, 0.29) is 6.10 Å². The predicted octanol–water partition coefficient (Wildman–Crippen LogP) is 2.58. The van der Waals surface area contributed by atoms with Gasteiger partial charge in [0, 0.05) is 43.0 Å². The molecule has 4 rings (SSSR count). The highest BCUT2D eigenvalue weighted by atomic mass is 16.3. The van der Waals surface area contributed by atoms with E-state index in [9.17, 15) is 5.11 Å². The zero-order valence-electron chi connectivity index (χ0n) is 13.9. The lowest BCUT2D eigenvalue weighted by Crippen LogP contribution is -2.27. The number of nitrogens with one attached hydrogen (secondary N) is 1. The average Bonchev–Trinajstić information content (AvgIpc) is 2.99. The van der Waals surface area contributed by atoms with E-state index in [1.165, 1.54) is 11.3 Å². The number of hydrogen-bond donors (Lipinski definition) is 2. The molecular formula is C19H24N4O. The van der Waals surface area contributed by atoms with Crippen molar-refractivity contribution in [2.75, 3.05) is 29.9 Å². The van der Waals surface area contributed by atoms with Gasteiger partial charge in [0.15, 0.2) is 0 Å². The second-order valence-electron chi connectivity index (χ2n) is 6.80. The van der Waals surface area contributed by atoms with Crippen LogP contribution >= 0.6 is 0 Å². The molecule has 0 unspecified atom stereocenters. The number of hydrogen-bond acceptors (Lipinski definition) is 5. The molecule has 0 atom stereocenters. The number of rotatable bonds is 6. The Morgan fingerprint density at radius 2 is 2.08 bits per heavy atom. The van der Waals surface area contributed by atoms with Crippen LogP contribution in [0.4, 0.5) is 11.5 Å². The fourth-order valence-corrected chi connectivity index (χ4v) is 3.65. The molecule has 1 aromatic heterocycles. The number of anilines is 2. The minimum atomic E-state index is -0.148. The van der Waals surface area contributed by atoms with E-state index in [1.54, 1.807) is 6.33 Å². The van der Waals surface area contributed by atoms with E-state index in [1.807, 2.05) is 6.07 Å². The largest absolute Gasteiger partial charge is 0.393 e. The first-order valence-electron chi connectivity index (χ1n) is 8.86. The lowest BCUT2D eigenvalue weighted by Gasteiger charge is -2.30. The summed E-state index contributed by atoms with van der Waals surface area (Å²) in [4.78, 5) is 11.1. The van der Waals surface area contributed by atoms with Crippen molar-refractivity contribution in [3.63, 3.8) is 0 Å². The number of para-hydroxylation sites is 1. The standard InChI is InChI=1S/C19H24N4O/c24-16-10-15(11-16)17-12-19(22-13-21-17)20-7-3-8-23-9-6-14-4-1-2-5-18(14)23/h1-2,4-5,12-13,15-16,24H,3,6-11H2,(H,20,21,22). The normalized spacial score (nSPS) is 22.1. The molecule has 126 valence electrons. The van der Waals surface area contributed by atoms with Gasteiger partial charge in [-0.25, -0.2) is 9.97 Å². The fraction of sp³-hybridized carbons (Fsp3) is 0.474. The van der Waals surface area contributed by atoms with Crippen molar-refractivity contribution >= 4 is 11.5 Å². The fourth-order valence-electron chi connectivity index (χ4n) is 3.65. The van der Waals surface area contributed by atoms with Crippen molar-refractivity contribution in [1.82, 2.24) is 9.97 Å². The van der Waals surface area contributed by atoms with Gasteiger partial charge < -0.3 is 15.3 Å². The Bertz CT molecular complexity index is 699. The Kier molecular flexibility index (Phi) is 4.34. The van der Waals surface area contributed by atoms with E-state index < -0.39 is 0 Å². The molecule has 0 saturated heterocycles. The van der Waals surface area contributed by atoms with Crippen LogP contribution in [0, 0.1) is 0 Å². The maximum atomic E-state index is 9.43. The van der Waals surface area contributed by atoms with Crippen molar-refractivity contribution in [2.45, 2.75) is 37.7 Å². The van der Waals surface area contributed by atoms with Gasteiger partial charge in [-0.05, 0) is 37.3 Å². The number of aliphatic hydroxyl groups excluding tert-OH is 1. The highest BCUT2D eigenvalue weighted by molar-refractivity contribution is 5.57. The van der Waals surface area contributed by atoms with Crippen LogP contribution in [-0.4, -0.2) is 40.8 Å². The molecule has 2 aromatic rings. The first kappa shape index (κ1) is 15.4. The number of fused-ring (bicyclic) bond motifs is 1. The Morgan fingerprint density at radius 1 is 1.21 bits per heavy atom.